The minimum atomic E-state index is -0.572. The molecule has 4 aromatic carbocycles. The Balaban J connectivity index is 1.42. The van der Waals surface area contributed by atoms with Crippen LogP contribution in [0.3, 0.4) is 0 Å². The molecular formula is C52H63Cl2N2P. The molecule has 4 fully saturated rings. The number of nitrogens with zero attached hydrogens (tertiary/aromatic N) is 2. The molecule has 1 aliphatic heterocycles. The van der Waals surface area contributed by atoms with Crippen LogP contribution >= 0.6 is 31.1 Å². The fourth-order valence-electron chi connectivity index (χ4n) is 11.6. The van der Waals surface area contributed by atoms with Gasteiger partial charge in [-0.05, 0) is 141 Å². The number of halogens is 2. The molecule has 1 saturated heterocycles. The maximum absolute atomic E-state index is 8.81. The van der Waals surface area contributed by atoms with E-state index in [0.717, 1.165) is 25.9 Å². The predicted molar refractivity (Wildman–Crippen MR) is 250 cm³/mol. The third-order valence-electron chi connectivity index (χ3n) is 13.6. The zero-order valence-corrected chi connectivity index (χ0v) is 37.7. The van der Waals surface area contributed by atoms with Crippen LogP contribution in [0.1, 0.15) is 122 Å². The van der Waals surface area contributed by atoms with E-state index < -0.39 is 12.5 Å². The molecule has 2 unspecified atom stereocenters. The molecule has 0 radical (unpaired) electrons. The lowest BCUT2D eigenvalue weighted by atomic mass is 9.81. The van der Waals surface area contributed by atoms with Gasteiger partial charge in [-0.25, -0.2) is 0 Å². The van der Waals surface area contributed by atoms with Crippen molar-refractivity contribution in [3.63, 3.8) is 0 Å². The van der Waals surface area contributed by atoms with E-state index in [9.17, 15) is 0 Å². The van der Waals surface area contributed by atoms with Gasteiger partial charge in [-0.3, -0.25) is 0 Å². The summed E-state index contributed by atoms with van der Waals surface area (Å²) in [6, 6.07) is 31.7. The van der Waals surface area contributed by atoms with E-state index >= 15 is 0 Å². The summed E-state index contributed by atoms with van der Waals surface area (Å²) in [5.74, 6) is 1.27. The highest BCUT2D eigenvalue weighted by Crippen LogP contribution is 2.72. The number of rotatable bonds is 7. The number of hydrogen-bond acceptors (Lipinski definition) is 2. The number of anilines is 2. The van der Waals surface area contributed by atoms with Crippen LogP contribution < -0.4 is 9.80 Å². The Hall–Kier alpha value is -3.03. The van der Waals surface area contributed by atoms with Gasteiger partial charge in [-0.2, -0.15) is 0 Å². The molecule has 0 spiro atoms. The summed E-state index contributed by atoms with van der Waals surface area (Å²) in [5, 5.41) is -0.362. The van der Waals surface area contributed by atoms with Gasteiger partial charge in [-0.1, -0.05) is 143 Å². The number of hydrogen-bond donors (Lipinski definition) is 0. The van der Waals surface area contributed by atoms with Gasteiger partial charge in [0.15, 0.2) is 0 Å². The van der Waals surface area contributed by atoms with Crippen molar-refractivity contribution in [2.45, 2.75) is 140 Å². The monoisotopic (exact) mass is 816 g/mol. The Morgan fingerprint density at radius 2 is 1.00 bits per heavy atom. The van der Waals surface area contributed by atoms with Crippen LogP contribution in [0.2, 0.25) is 0 Å². The summed E-state index contributed by atoms with van der Waals surface area (Å²) in [6.45, 7) is 15.4. The average molecular weight is 818 g/mol. The van der Waals surface area contributed by atoms with Crippen molar-refractivity contribution in [3.05, 3.63) is 146 Å². The van der Waals surface area contributed by atoms with Gasteiger partial charge in [0.25, 0.3) is 0 Å². The SMILES string of the molecule is Cc1cc(C)c(N2CCN(c3c(C)cc(C)cc3C)C2=C2CCC(Cl)(P(C3CCCCC3)C3CCCCC3)C(=C(c3ccccc3)c3ccccc3)C2Cl)c(C)c1. The van der Waals surface area contributed by atoms with Crippen LogP contribution in [0, 0.1) is 41.5 Å². The van der Waals surface area contributed by atoms with E-state index in [1.807, 2.05) is 0 Å². The minimum Gasteiger partial charge on any atom is -0.325 e. The maximum atomic E-state index is 8.81. The van der Waals surface area contributed by atoms with E-state index in [2.05, 4.69) is 136 Å². The van der Waals surface area contributed by atoms with E-state index in [4.69, 9.17) is 23.2 Å². The van der Waals surface area contributed by atoms with Crippen molar-refractivity contribution in [3.8, 4) is 0 Å². The van der Waals surface area contributed by atoms with E-state index in [0.29, 0.717) is 11.3 Å². The highest BCUT2D eigenvalue weighted by molar-refractivity contribution is 7.63. The maximum Gasteiger partial charge on any atom is 0.114 e. The van der Waals surface area contributed by atoms with E-state index in [-0.39, 0.29) is 5.38 Å². The summed E-state index contributed by atoms with van der Waals surface area (Å²) in [5.41, 5.74) is 18.2. The zero-order valence-electron chi connectivity index (χ0n) is 35.3. The molecule has 57 heavy (non-hydrogen) atoms. The van der Waals surface area contributed by atoms with Gasteiger partial charge in [0.2, 0.25) is 0 Å². The van der Waals surface area contributed by atoms with Gasteiger partial charge >= 0.3 is 0 Å². The Labute approximate surface area is 355 Å². The summed E-state index contributed by atoms with van der Waals surface area (Å²) in [7, 11) is -0.572. The smallest absolute Gasteiger partial charge is 0.114 e. The fourth-order valence-corrected chi connectivity index (χ4v) is 17.8. The van der Waals surface area contributed by atoms with Crippen LogP contribution in [0.25, 0.3) is 5.57 Å². The lowest BCUT2D eigenvalue weighted by molar-refractivity contribution is 0.476. The average Bonchev–Trinajstić information content (AvgIpc) is 3.60. The van der Waals surface area contributed by atoms with Gasteiger partial charge in [0, 0.05) is 24.5 Å². The molecule has 5 heteroatoms. The van der Waals surface area contributed by atoms with Crippen molar-refractivity contribution in [2.75, 3.05) is 22.9 Å². The first-order valence-corrected chi connectivity index (χ1v) is 24.3. The largest absolute Gasteiger partial charge is 0.325 e. The standard InChI is InChI=1S/C52H63Cl2N2P/c1-35-31-37(3)49(38(4)32-35)55-29-30-56(50-39(5)33-36(2)34-40(50)6)51(55)45-27-28-52(54,57(43-23-15-9-16-24-43)44-25-17-10-18-26-44)47(48(45)53)46(41-19-11-7-12-20-41)42-21-13-8-14-22-42/h7-8,11-14,19-22,31-34,43-44,48H,9-10,15-18,23-30H2,1-6H3. The molecule has 4 aromatic rings. The normalized spacial score (nSPS) is 22.5. The predicted octanol–water partition coefficient (Wildman–Crippen LogP) is 15.1. The van der Waals surface area contributed by atoms with Crippen molar-refractivity contribution < 1.29 is 0 Å². The van der Waals surface area contributed by atoms with E-state index in [1.54, 1.807) is 0 Å². The van der Waals surface area contributed by atoms with Crippen LogP contribution in [0.15, 0.2) is 102 Å². The summed E-state index contributed by atoms with van der Waals surface area (Å²) in [4.78, 5) is 5.28. The third-order valence-corrected chi connectivity index (χ3v) is 18.9. The Kier molecular flexibility index (Phi) is 12.4. The first-order chi connectivity index (χ1) is 27.6. The van der Waals surface area contributed by atoms with Gasteiger partial charge < -0.3 is 9.80 Å². The molecule has 8 rings (SSSR count). The molecule has 0 amide bonds. The lowest BCUT2D eigenvalue weighted by Crippen LogP contribution is -2.42. The number of aryl methyl sites for hydroxylation is 6. The molecule has 3 aliphatic carbocycles. The van der Waals surface area contributed by atoms with Crippen molar-refractivity contribution in [1.29, 1.82) is 0 Å². The fraction of sp³-hybridized carbons (Fsp3) is 0.462. The molecule has 0 aromatic heterocycles. The molecule has 3 saturated carbocycles. The van der Waals surface area contributed by atoms with Gasteiger partial charge in [0.1, 0.15) is 5.82 Å². The first-order valence-electron chi connectivity index (χ1n) is 22.0. The molecular weight excluding hydrogens is 754 g/mol. The Bertz CT molecular complexity index is 1950. The van der Waals surface area contributed by atoms with Crippen LogP contribution in [0.5, 0.6) is 0 Å². The quantitative estimate of drug-likeness (QED) is 0.135. The number of alkyl halides is 2. The molecule has 0 bridgehead atoms. The second-order valence-electron chi connectivity index (χ2n) is 17.8. The third kappa shape index (κ3) is 7.90. The van der Waals surface area contributed by atoms with Crippen molar-refractivity contribution >= 4 is 48.1 Å². The molecule has 1 heterocycles. The van der Waals surface area contributed by atoms with Crippen LogP contribution in [-0.4, -0.2) is 34.4 Å². The van der Waals surface area contributed by atoms with Crippen LogP contribution in [0.4, 0.5) is 11.4 Å². The number of allylic oxidation sites excluding steroid dienone is 2. The number of benzene rings is 4. The van der Waals surface area contributed by atoms with Gasteiger partial charge in [0.05, 0.1) is 9.99 Å². The lowest BCUT2D eigenvalue weighted by Gasteiger charge is -2.52. The summed E-state index contributed by atoms with van der Waals surface area (Å²) >= 11 is 17.3. The van der Waals surface area contributed by atoms with E-state index in [1.165, 1.54) is 143 Å². The summed E-state index contributed by atoms with van der Waals surface area (Å²) in [6.07, 6.45) is 15.1. The highest BCUT2D eigenvalue weighted by Gasteiger charge is 2.54. The second kappa shape index (κ2) is 17.3. The highest BCUT2D eigenvalue weighted by atomic mass is 35.5. The van der Waals surface area contributed by atoms with Gasteiger partial charge in [-0.15, -0.1) is 23.2 Å². The van der Waals surface area contributed by atoms with Crippen LogP contribution in [-0.2, 0) is 0 Å². The Morgan fingerprint density at radius 1 is 0.596 bits per heavy atom. The first kappa shape index (κ1) is 40.7. The second-order valence-corrected chi connectivity index (χ2v) is 22.2. The topological polar surface area (TPSA) is 6.48 Å². The molecule has 2 nitrogen and oxygen atoms in total. The summed E-state index contributed by atoms with van der Waals surface area (Å²) < 4.78 is -0.503. The Morgan fingerprint density at radius 3 is 1.40 bits per heavy atom. The molecule has 300 valence electrons. The molecule has 4 aliphatic rings. The molecule has 0 N–H and O–H groups in total. The van der Waals surface area contributed by atoms with Crippen molar-refractivity contribution in [1.82, 2.24) is 0 Å². The molecule has 2 atom stereocenters. The zero-order chi connectivity index (χ0) is 39.8. The minimum absolute atomic E-state index is 0.362. The van der Waals surface area contributed by atoms with Crippen molar-refractivity contribution in [2.24, 2.45) is 0 Å².